The Morgan fingerprint density at radius 2 is 1.50 bits per heavy atom. The Balaban J connectivity index is 1.79. The summed E-state index contributed by atoms with van der Waals surface area (Å²) in [6.45, 7) is 5.24. The largest absolute Gasteiger partial charge is 0.507 e. The lowest BCUT2D eigenvalue weighted by atomic mass is 9.81. The number of benzene rings is 2. The van der Waals surface area contributed by atoms with Crippen molar-refractivity contribution in [1.82, 2.24) is 9.80 Å². The smallest absolute Gasteiger partial charge is 0.201 e. The van der Waals surface area contributed by atoms with Gasteiger partial charge in [-0.3, -0.25) is 14.5 Å². The van der Waals surface area contributed by atoms with Crippen LogP contribution in [-0.4, -0.2) is 69.9 Å². The van der Waals surface area contributed by atoms with Gasteiger partial charge in [-0.05, 0) is 37.7 Å². The van der Waals surface area contributed by atoms with Crippen molar-refractivity contribution in [2.75, 3.05) is 33.2 Å². The van der Waals surface area contributed by atoms with Gasteiger partial charge >= 0.3 is 0 Å². The highest BCUT2D eigenvalue weighted by molar-refractivity contribution is 6.30. The number of likely N-dealkylation sites (N-methyl/N-ethyl adjacent to an activating group) is 1. The normalized spacial score (nSPS) is 17.5. The number of nitrogens with zero attached hydrogens (tertiary/aromatic N) is 2. The maximum atomic E-state index is 13.0. The summed E-state index contributed by atoms with van der Waals surface area (Å²) in [6.07, 6.45) is 0. The lowest BCUT2D eigenvalue weighted by molar-refractivity contribution is 0.0973. The van der Waals surface area contributed by atoms with Gasteiger partial charge in [0, 0.05) is 43.9 Å². The van der Waals surface area contributed by atoms with E-state index >= 15 is 0 Å². The highest BCUT2D eigenvalue weighted by atomic mass is 16.3. The zero-order valence-electron chi connectivity index (χ0n) is 15.8. The van der Waals surface area contributed by atoms with Crippen molar-refractivity contribution < 1.29 is 24.9 Å². The Morgan fingerprint density at radius 3 is 2.18 bits per heavy atom. The first-order valence-corrected chi connectivity index (χ1v) is 9.19. The van der Waals surface area contributed by atoms with Gasteiger partial charge < -0.3 is 20.2 Å². The van der Waals surface area contributed by atoms with Gasteiger partial charge in [0.05, 0.1) is 16.7 Å². The number of carbonyl (C=O) groups is 2. The molecule has 0 unspecified atom stereocenters. The van der Waals surface area contributed by atoms with E-state index in [0.29, 0.717) is 5.56 Å². The number of rotatable bonds is 2. The van der Waals surface area contributed by atoms with Crippen LogP contribution in [0.15, 0.2) is 18.2 Å². The van der Waals surface area contributed by atoms with Crippen molar-refractivity contribution in [1.29, 1.82) is 0 Å². The Bertz CT molecular complexity index is 1010. The number of hydrogen-bond donors (Lipinski definition) is 3. The molecule has 0 bridgehead atoms. The van der Waals surface area contributed by atoms with E-state index in [1.54, 1.807) is 6.92 Å². The maximum absolute atomic E-state index is 13.0. The van der Waals surface area contributed by atoms with Crippen LogP contribution >= 0.6 is 0 Å². The lowest BCUT2D eigenvalue weighted by Crippen LogP contribution is -2.43. The van der Waals surface area contributed by atoms with Crippen molar-refractivity contribution in [3.05, 3.63) is 51.6 Å². The van der Waals surface area contributed by atoms with Crippen molar-refractivity contribution in [3.8, 4) is 17.2 Å². The monoisotopic (exact) mass is 382 g/mol. The Morgan fingerprint density at radius 1 is 0.857 bits per heavy atom. The molecule has 2 aliphatic rings. The Kier molecular flexibility index (Phi) is 4.36. The molecule has 2 aromatic rings. The fourth-order valence-electron chi connectivity index (χ4n) is 3.95. The molecule has 1 heterocycles. The van der Waals surface area contributed by atoms with Crippen LogP contribution in [0.3, 0.4) is 0 Å². The molecule has 3 N–H and O–H groups in total. The van der Waals surface area contributed by atoms with E-state index in [4.69, 9.17) is 0 Å². The van der Waals surface area contributed by atoms with Gasteiger partial charge in [-0.1, -0.05) is 0 Å². The van der Waals surface area contributed by atoms with Crippen LogP contribution in [0.25, 0.3) is 0 Å². The molecule has 4 rings (SSSR count). The van der Waals surface area contributed by atoms with E-state index in [1.807, 2.05) is 7.05 Å². The average Bonchev–Trinajstić information content (AvgIpc) is 2.63. The van der Waals surface area contributed by atoms with E-state index in [2.05, 4.69) is 9.80 Å². The third-order valence-electron chi connectivity index (χ3n) is 5.57. The van der Waals surface area contributed by atoms with E-state index in [0.717, 1.165) is 26.2 Å². The van der Waals surface area contributed by atoms with Crippen LogP contribution in [0.2, 0.25) is 0 Å². The molecule has 146 valence electrons. The third-order valence-corrected chi connectivity index (χ3v) is 5.57. The predicted octanol–water partition coefficient (Wildman–Crippen LogP) is 1.63. The van der Waals surface area contributed by atoms with Crippen molar-refractivity contribution in [2.45, 2.75) is 13.5 Å². The fourth-order valence-corrected chi connectivity index (χ4v) is 3.95. The minimum Gasteiger partial charge on any atom is -0.507 e. The second kappa shape index (κ2) is 6.61. The number of aryl methyl sites for hydroxylation is 1. The quantitative estimate of drug-likeness (QED) is 0.619. The number of fused-ring (bicyclic) bond motifs is 2. The number of carbonyl (C=O) groups excluding carboxylic acids is 2. The van der Waals surface area contributed by atoms with E-state index in [9.17, 15) is 24.9 Å². The summed E-state index contributed by atoms with van der Waals surface area (Å²) in [5, 5.41) is 31.5. The first-order chi connectivity index (χ1) is 13.3. The number of aromatic hydroxyl groups is 3. The predicted molar refractivity (Wildman–Crippen MR) is 102 cm³/mol. The summed E-state index contributed by atoms with van der Waals surface area (Å²) < 4.78 is 0. The summed E-state index contributed by atoms with van der Waals surface area (Å²) in [4.78, 5) is 30.2. The van der Waals surface area contributed by atoms with E-state index in [-0.39, 0.29) is 45.9 Å². The minimum absolute atomic E-state index is 0.0420. The maximum Gasteiger partial charge on any atom is 0.201 e. The highest BCUT2D eigenvalue weighted by Gasteiger charge is 2.36. The van der Waals surface area contributed by atoms with Crippen LogP contribution in [0.4, 0.5) is 0 Å². The molecule has 28 heavy (non-hydrogen) atoms. The van der Waals surface area contributed by atoms with Gasteiger partial charge in [0.1, 0.15) is 17.2 Å². The number of ketones is 2. The summed E-state index contributed by atoms with van der Waals surface area (Å²) in [7, 11) is 2.03. The molecule has 0 radical (unpaired) electrons. The fraction of sp³-hybridized carbons (Fsp3) is 0.333. The molecule has 7 heteroatoms. The molecule has 0 aromatic heterocycles. The molecule has 2 aromatic carbocycles. The molecular weight excluding hydrogens is 360 g/mol. The number of hydrogen-bond acceptors (Lipinski definition) is 7. The zero-order valence-corrected chi connectivity index (χ0v) is 15.8. The molecule has 0 atom stereocenters. The van der Waals surface area contributed by atoms with Gasteiger partial charge in [-0.15, -0.1) is 0 Å². The molecule has 1 aliphatic carbocycles. The first kappa shape index (κ1) is 18.5. The third kappa shape index (κ3) is 2.83. The van der Waals surface area contributed by atoms with E-state index in [1.165, 1.54) is 18.2 Å². The van der Waals surface area contributed by atoms with Gasteiger partial charge in [0.2, 0.25) is 5.78 Å². The number of piperazine rings is 1. The van der Waals surface area contributed by atoms with Gasteiger partial charge in [-0.2, -0.15) is 0 Å². The van der Waals surface area contributed by atoms with Crippen LogP contribution < -0.4 is 0 Å². The van der Waals surface area contributed by atoms with Crippen LogP contribution in [0, 0.1) is 6.92 Å². The van der Waals surface area contributed by atoms with E-state index < -0.39 is 17.3 Å². The second-order valence-corrected chi connectivity index (χ2v) is 7.59. The van der Waals surface area contributed by atoms with Crippen molar-refractivity contribution >= 4 is 11.6 Å². The van der Waals surface area contributed by atoms with Crippen LogP contribution in [-0.2, 0) is 6.54 Å². The zero-order chi connectivity index (χ0) is 20.2. The SMILES string of the molecule is Cc1cc(O)c2c(c1)C(=O)c1cc(O)c(CN3CCN(C)CC3)c(O)c1C2=O. The minimum atomic E-state index is -0.612. The van der Waals surface area contributed by atoms with Gasteiger partial charge in [-0.25, -0.2) is 0 Å². The molecule has 1 saturated heterocycles. The lowest BCUT2D eigenvalue weighted by Gasteiger charge is -2.33. The first-order valence-electron chi connectivity index (χ1n) is 9.19. The molecule has 1 aliphatic heterocycles. The van der Waals surface area contributed by atoms with Gasteiger partial charge in [0.15, 0.2) is 5.78 Å². The molecule has 7 nitrogen and oxygen atoms in total. The molecule has 1 fully saturated rings. The van der Waals surface area contributed by atoms with Crippen molar-refractivity contribution in [2.24, 2.45) is 0 Å². The molecule has 0 amide bonds. The Labute approximate surface area is 162 Å². The van der Waals surface area contributed by atoms with Crippen molar-refractivity contribution in [3.63, 3.8) is 0 Å². The van der Waals surface area contributed by atoms with Crippen LogP contribution in [0.1, 0.15) is 43.0 Å². The van der Waals surface area contributed by atoms with Gasteiger partial charge in [0.25, 0.3) is 0 Å². The summed E-state index contributed by atoms with van der Waals surface area (Å²) in [5.41, 5.74) is 0.647. The summed E-state index contributed by atoms with van der Waals surface area (Å²) >= 11 is 0. The van der Waals surface area contributed by atoms with Crippen LogP contribution in [0.5, 0.6) is 17.2 Å². The standard InChI is InChI=1S/C21H22N2O5/c1-11-7-12-17(16(25)8-11)21(28)18-13(19(12)26)9-15(24)14(20(18)27)10-23-5-3-22(2)4-6-23/h7-9,24-25,27H,3-6,10H2,1-2H3. The highest BCUT2D eigenvalue weighted by Crippen LogP contribution is 2.42. The number of phenols is 3. The molecular formula is C21H22N2O5. The Hall–Kier alpha value is -2.90. The summed E-state index contributed by atoms with van der Waals surface area (Å²) in [5.74, 6) is -2.00. The molecule has 0 spiro atoms. The topological polar surface area (TPSA) is 101 Å². The summed E-state index contributed by atoms with van der Waals surface area (Å²) in [6, 6.07) is 4.20. The average molecular weight is 382 g/mol. The number of phenolic OH excluding ortho intramolecular Hbond substituents is 3. The molecule has 0 saturated carbocycles. The second-order valence-electron chi connectivity index (χ2n) is 7.59.